The molecule has 5 nitrogen and oxygen atoms in total. The van der Waals surface area contributed by atoms with Gasteiger partial charge < -0.3 is 14.6 Å². The van der Waals surface area contributed by atoms with Crippen molar-refractivity contribution in [1.29, 1.82) is 0 Å². The lowest BCUT2D eigenvalue weighted by molar-refractivity contribution is 0.350. The number of rotatable bonds is 6. The lowest BCUT2D eigenvalue weighted by atomic mass is 9.89. The van der Waals surface area contributed by atoms with Gasteiger partial charge in [-0.1, -0.05) is 25.9 Å². The van der Waals surface area contributed by atoms with Crippen LogP contribution in [-0.4, -0.2) is 29.8 Å². The van der Waals surface area contributed by atoms with Crippen LogP contribution in [0.1, 0.15) is 65.3 Å². The zero-order valence-corrected chi connectivity index (χ0v) is 13.9. The van der Waals surface area contributed by atoms with Gasteiger partial charge in [-0.05, 0) is 51.0 Å². The van der Waals surface area contributed by atoms with Crippen LogP contribution in [-0.2, 0) is 0 Å². The quantitative estimate of drug-likeness (QED) is 0.871. The summed E-state index contributed by atoms with van der Waals surface area (Å²) in [5, 5.41) is 11.8. The van der Waals surface area contributed by atoms with Crippen molar-refractivity contribution >= 4 is 6.01 Å². The molecule has 1 aliphatic rings. The van der Waals surface area contributed by atoms with Crippen LogP contribution in [0.5, 0.6) is 0 Å². The fourth-order valence-corrected chi connectivity index (χ4v) is 2.96. The van der Waals surface area contributed by atoms with Gasteiger partial charge in [0.1, 0.15) is 0 Å². The molecule has 1 fully saturated rings. The summed E-state index contributed by atoms with van der Waals surface area (Å²) < 4.78 is 5.87. The molecule has 0 spiro atoms. The van der Waals surface area contributed by atoms with E-state index in [0.29, 0.717) is 11.9 Å². The molecule has 0 aliphatic carbocycles. The average Bonchev–Trinajstić information content (AvgIpc) is 2.82. The smallest absolute Gasteiger partial charge is 0.318 e. The lowest BCUT2D eigenvalue weighted by Gasteiger charge is -2.19. The van der Waals surface area contributed by atoms with E-state index in [2.05, 4.69) is 48.1 Å². The molecule has 2 unspecified atom stereocenters. The normalized spacial score (nSPS) is 21.6. The molecular formula is C16H30N4O. The van der Waals surface area contributed by atoms with Crippen molar-refractivity contribution in [3.63, 3.8) is 0 Å². The van der Waals surface area contributed by atoms with Gasteiger partial charge in [0.05, 0.1) is 6.04 Å². The summed E-state index contributed by atoms with van der Waals surface area (Å²) >= 11 is 0. The second-order valence-electron chi connectivity index (χ2n) is 6.52. The van der Waals surface area contributed by atoms with Gasteiger partial charge in [0.25, 0.3) is 0 Å². The number of anilines is 1. The van der Waals surface area contributed by atoms with Gasteiger partial charge in [-0.15, -0.1) is 5.10 Å². The Hall–Kier alpha value is -1.10. The molecule has 0 aromatic carbocycles. The van der Waals surface area contributed by atoms with E-state index in [1.807, 2.05) is 0 Å². The highest BCUT2D eigenvalue weighted by atomic mass is 16.4. The first-order chi connectivity index (χ1) is 10.1. The predicted octanol–water partition coefficient (Wildman–Crippen LogP) is 3.39. The van der Waals surface area contributed by atoms with Crippen LogP contribution in [0.25, 0.3) is 0 Å². The standard InChI is InChI=1S/C16H30N4O/c1-5-9-17-13(4)15-18-19-16(21-15)20-10-6-7-14(8-11-20)12(2)3/h12-14,17H,5-11H2,1-4H3. The number of nitrogens with one attached hydrogen (secondary N) is 1. The molecule has 0 saturated carbocycles. The Morgan fingerprint density at radius 1 is 1.24 bits per heavy atom. The summed E-state index contributed by atoms with van der Waals surface area (Å²) in [6.45, 7) is 11.9. The summed E-state index contributed by atoms with van der Waals surface area (Å²) in [6.07, 6.45) is 4.85. The van der Waals surface area contributed by atoms with Gasteiger partial charge >= 0.3 is 6.01 Å². The predicted molar refractivity (Wildman–Crippen MR) is 85.4 cm³/mol. The van der Waals surface area contributed by atoms with Gasteiger partial charge in [0.2, 0.25) is 5.89 Å². The number of hydrogen-bond acceptors (Lipinski definition) is 5. The molecule has 2 rings (SSSR count). The highest BCUT2D eigenvalue weighted by molar-refractivity contribution is 5.24. The zero-order chi connectivity index (χ0) is 15.2. The lowest BCUT2D eigenvalue weighted by Crippen LogP contribution is -2.25. The summed E-state index contributed by atoms with van der Waals surface area (Å²) in [5.41, 5.74) is 0. The van der Waals surface area contributed by atoms with Crippen molar-refractivity contribution < 1.29 is 4.42 Å². The molecule has 120 valence electrons. The van der Waals surface area contributed by atoms with Crippen molar-refractivity contribution in [1.82, 2.24) is 15.5 Å². The Morgan fingerprint density at radius 3 is 2.76 bits per heavy atom. The highest BCUT2D eigenvalue weighted by Crippen LogP contribution is 2.27. The highest BCUT2D eigenvalue weighted by Gasteiger charge is 2.23. The molecule has 1 saturated heterocycles. The first-order valence-electron chi connectivity index (χ1n) is 8.43. The largest absolute Gasteiger partial charge is 0.406 e. The fraction of sp³-hybridized carbons (Fsp3) is 0.875. The Morgan fingerprint density at radius 2 is 2.05 bits per heavy atom. The molecule has 0 radical (unpaired) electrons. The Bertz CT molecular complexity index is 418. The molecule has 1 aromatic rings. The van der Waals surface area contributed by atoms with Gasteiger partial charge in [-0.3, -0.25) is 0 Å². The second-order valence-corrected chi connectivity index (χ2v) is 6.52. The molecule has 2 atom stereocenters. The van der Waals surface area contributed by atoms with Crippen LogP contribution < -0.4 is 10.2 Å². The van der Waals surface area contributed by atoms with Crippen molar-refractivity contribution in [2.75, 3.05) is 24.5 Å². The van der Waals surface area contributed by atoms with E-state index in [9.17, 15) is 0 Å². The van der Waals surface area contributed by atoms with Crippen LogP contribution in [0, 0.1) is 11.8 Å². The van der Waals surface area contributed by atoms with Crippen molar-refractivity contribution in [3.8, 4) is 0 Å². The maximum Gasteiger partial charge on any atom is 0.318 e. The molecule has 0 bridgehead atoms. The monoisotopic (exact) mass is 294 g/mol. The van der Waals surface area contributed by atoms with Gasteiger partial charge in [-0.2, -0.15) is 0 Å². The van der Waals surface area contributed by atoms with Crippen LogP contribution in [0.4, 0.5) is 6.01 Å². The SMILES string of the molecule is CCCNC(C)c1nnc(N2CCCC(C(C)C)CC2)o1. The minimum atomic E-state index is 0.126. The number of aromatic nitrogens is 2. The molecule has 0 amide bonds. The van der Waals surface area contributed by atoms with E-state index in [1.54, 1.807) is 0 Å². The van der Waals surface area contributed by atoms with Crippen LogP contribution in [0.3, 0.4) is 0 Å². The minimum Gasteiger partial charge on any atom is -0.406 e. The number of hydrogen-bond donors (Lipinski definition) is 1. The first-order valence-corrected chi connectivity index (χ1v) is 8.43. The van der Waals surface area contributed by atoms with E-state index < -0.39 is 0 Å². The Labute approximate surface area is 128 Å². The van der Waals surface area contributed by atoms with Crippen LogP contribution in [0.2, 0.25) is 0 Å². The summed E-state index contributed by atoms with van der Waals surface area (Å²) in [7, 11) is 0. The van der Waals surface area contributed by atoms with Crippen molar-refractivity contribution in [2.24, 2.45) is 11.8 Å². The Balaban J connectivity index is 1.94. The summed E-state index contributed by atoms with van der Waals surface area (Å²) in [6, 6.07) is 0.821. The third-order valence-corrected chi connectivity index (χ3v) is 4.49. The van der Waals surface area contributed by atoms with E-state index in [1.165, 1.54) is 19.3 Å². The maximum absolute atomic E-state index is 5.87. The number of nitrogens with zero attached hydrogens (tertiary/aromatic N) is 3. The fourth-order valence-electron chi connectivity index (χ4n) is 2.96. The molecule has 21 heavy (non-hydrogen) atoms. The third kappa shape index (κ3) is 4.43. The zero-order valence-electron chi connectivity index (χ0n) is 13.9. The van der Waals surface area contributed by atoms with E-state index in [-0.39, 0.29) is 6.04 Å². The molecule has 5 heteroatoms. The maximum atomic E-state index is 5.87. The topological polar surface area (TPSA) is 54.2 Å². The average molecular weight is 294 g/mol. The molecule has 1 aliphatic heterocycles. The van der Waals surface area contributed by atoms with Crippen molar-refractivity contribution in [3.05, 3.63) is 5.89 Å². The van der Waals surface area contributed by atoms with Gasteiger partial charge in [0.15, 0.2) is 0 Å². The molecular weight excluding hydrogens is 264 g/mol. The van der Waals surface area contributed by atoms with Gasteiger partial charge in [-0.25, -0.2) is 0 Å². The van der Waals surface area contributed by atoms with E-state index >= 15 is 0 Å². The third-order valence-electron chi connectivity index (χ3n) is 4.49. The van der Waals surface area contributed by atoms with E-state index in [4.69, 9.17) is 4.42 Å². The molecule has 1 N–H and O–H groups in total. The molecule has 2 heterocycles. The first kappa shape index (κ1) is 16.3. The van der Waals surface area contributed by atoms with Gasteiger partial charge in [0, 0.05) is 13.1 Å². The van der Waals surface area contributed by atoms with Crippen molar-refractivity contribution in [2.45, 2.75) is 59.4 Å². The van der Waals surface area contributed by atoms with Crippen LogP contribution >= 0.6 is 0 Å². The summed E-state index contributed by atoms with van der Waals surface area (Å²) in [5.74, 6) is 2.28. The van der Waals surface area contributed by atoms with E-state index in [0.717, 1.165) is 37.9 Å². The second kappa shape index (κ2) is 7.78. The Kier molecular flexibility index (Phi) is 6.03. The summed E-state index contributed by atoms with van der Waals surface area (Å²) in [4.78, 5) is 2.26. The minimum absolute atomic E-state index is 0.126. The van der Waals surface area contributed by atoms with Crippen LogP contribution in [0.15, 0.2) is 4.42 Å². The molecule has 1 aromatic heterocycles.